The average molecular weight is 364 g/mol. The number of amides is 1. The minimum absolute atomic E-state index is 0.207. The molecule has 1 amide bonds. The maximum Gasteiger partial charge on any atom is 0.256 e. The molecular formula is C22H18ClNO2. The molecule has 3 aromatic carbocycles. The van der Waals surface area contributed by atoms with Crippen LogP contribution in [-0.4, -0.2) is 13.0 Å². The van der Waals surface area contributed by atoms with Crippen LogP contribution in [-0.2, 0) is 4.79 Å². The standard InChI is InChI=1S/C22H18ClNO2/c1-26-21-13-12-18(15-20(21)23)24-22(25)19(17-10-6-3-7-11-17)14-16-8-4-2-5-9-16/h2-15H,1H3,(H,24,25)/b19-14+. The zero-order chi connectivity index (χ0) is 18.4. The van der Waals surface area contributed by atoms with Crippen LogP contribution in [0.25, 0.3) is 11.6 Å². The van der Waals surface area contributed by atoms with Gasteiger partial charge in [-0.25, -0.2) is 0 Å². The van der Waals surface area contributed by atoms with Gasteiger partial charge in [0.1, 0.15) is 5.75 Å². The van der Waals surface area contributed by atoms with E-state index in [0.717, 1.165) is 11.1 Å². The lowest BCUT2D eigenvalue weighted by molar-refractivity contribution is -0.111. The molecule has 3 nitrogen and oxygen atoms in total. The molecule has 0 heterocycles. The van der Waals surface area contributed by atoms with Crippen molar-refractivity contribution in [2.75, 3.05) is 12.4 Å². The molecule has 0 saturated heterocycles. The molecule has 3 rings (SSSR count). The largest absolute Gasteiger partial charge is 0.495 e. The summed E-state index contributed by atoms with van der Waals surface area (Å²) in [6, 6.07) is 24.5. The lowest BCUT2D eigenvalue weighted by Crippen LogP contribution is -2.13. The summed E-state index contributed by atoms with van der Waals surface area (Å²) in [7, 11) is 1.55. The highest BCUT2D eigenvalue weighted by Gasteiger charge is 2.13. The highest BCUT2D eigenvalue weighted by Crippen LogP contribution is 2.28. The predicted molar refractivity (Wildman–Crippen MR) is 107 cm³/mol. The third kappa shape index (κ3) is 4.32. The predicted octanol–water partition coefficient (Wildman–Crippen LogP) is 5.53. The van der Waals surface area contributed by atoms with Gasteiger partial charge in [-0.15, -0.1) is 0 Å². The second-order valence-corrected chi connectivity index (χ2v) is 6.05. The van der Waals surface area contributed by atoms with E-state index in [0.29, 0.717) is 22.0 Å². The molecule has 0 spiro atoms. The summed E-state index contributed by atoms with van der Waals surface area (Å²) >= 11 is 6.15. The Balaban J connectivity index is 1.93. The van der Waals surface area contributed by atoms with Crippen molar-refractivity contribution in [3.8, 4) is 5.75 Å². The highest BCUT2D eigenvalue weighted by atomic mass is 35.5. The summed E-state index contributed by atoms with van der Waals surface area (Å²) in [6.45, 7) is 0. The molecule has 130 valence electrons. The zero-order valence-electron chi connectivity index (χ0n) is 14.3. The molecule has 0 fully saturated rings. The smallest absolute Gasteiger partial charge is 0.256 e. The molecule has 0 aliphatic carbocycles. The lowest BCUT2D eigenvalue weighted by atomic mass is 10.0. The number of benzene rings is 3. The van der Waals surface area contributed by atoms with Crippen LogP contribution >= 0.6 is 11.6 Å². The van der Waals surface area contributed by atoms with Gasteiger partial charge in [0, 0.05) is 11.3 Å². The second kappa shape index (κ2) is 8.37. The maximum absolute atomic E-state index is 12.9. The number of hydrogen-bond donors (Lipinski definition) is 1. The first-order valence-corrected chi connectivity index (χ1v) is 8.52. The summed E-state index contributed by atoms with van der Waals surface area (Å²) in [6.07, 6.45) is 1.87. The summed E-state index contributed by atoms with van der Waals surface area (Å²) in [4.78, 5) is 12.9. The third-order valence-corrected chi connectivity index (χ3v) is 4.15. The molecule has 0 unspecified atom stereocenters. The molecule has 0 aromatic heterocycles. The van der Waals surface area contributed by atoms with Crippen molar-refractivity contribution in [3.05, 3.63) is 95.0 Å². The molecule has 3 aromatic rings. The van der Waals surface area contributed by atoms with Gasteiger partial charge in [0.25, 0.3) is 5.91 Å². The SMILES string of the molecule is COc1ccc(NC(=O)/C(=C/c2ccccc2)c2ccccc2)cc1Cl. The Morgan fingerprint density at radius 1 is 0.962 bits per heavy atom. The van der Waals surface area contributed by atoms with Crippen LogP contribution in [0.4, 0.5) is 5.69 Å². The van der Waals surface area contributed by atoms with Gasteiger partial charge < -0.3 is 10.1 Å². The second-order valence-electron chi connectivity index (χ2n) is 5.64. The molecule has 4 heteroatoms. The van der Waals surface area contributed by atoms with Crippen molar-refractivity contribution < 1.29 is 9.53 Å². The quantitative estimate of drug-likeness (QED) is 0.478. The molecule has 0 saturated carbocycles. The highest BCUT2D eigenvalue weighted by molar-refractivity contribution is 6.33. The van der Waals surface area contributed by atoms with E-state index in [2.05, 4.69) is 5.32 Å². The van der Waals surface area contributed by atoms with E-state index in [4.69, 9.17) is 16.3 Å². The molecule has 0 aliphatic rings. The Morgan fingerprint density at radius 3 is 2.23 bits per heavy atom. The summed E-state index contributed by atoms with van der Waals surface area (Å²) in [5, 5.41) is 3.35. The topological polar surface area (TPSA) is 38.3 Å². The Kier molecular flexibility index (Phi) is 5.72. The van der Waals surface area contributed by atoms with Crippen LogP contribution in [0, 0.1) is 0 Å². The average Bonchev–Trinajstić information content (AvgIpc) is 2.68. The Labute approximate surface area is 157 Å². The van der Waals surface area contributed by atoms with Crippen molar-refractivity contribution in [1.29, 1.82) is 0 Å². The Bertz CT molecular complexity index is 921. The van der Waals surface area contributed by atoms with Gasteiger partial charge >= 0.3 is 0 Å². The first kappa shape index (κ1) is 17.8. The number of methoxy groups -OCH3 is 1. The molecule has 0 atom stereocenters. The summed E-state index contributed by atoms with van der Waals surface area (Å²) in [5.74, 6) is 0.356. The monoisotopic (exact) mass is 363 g/mol. The van der Waals surface area contributed by atoms with E-state index in [1.165, 1.54) is 0 Å². The van der Waals surface area contributed by atoms with Gasteiger partial charge in [-0.3, -0.25) is 4.79 Å². The van der Waals surface area contributed by atoms with Crippen LogP contribution in [0.15, 0.2) is 78.9 Å². The minimum Gasteiger partial charge on any atom is -0.495 e. The molecular weight excluding hydrogens is 346 g/mol. The molecule has 0 aliphatic heterocycles. The summed E-state index contributed by atoms with van der Waals surface area (Å²) < 4.78 is 5.14. The molecule has 0 bridgehead atoms. The van der Waals surface area contributed by atoms with E-state index >= 15 is 0 Å². The van der Waals surface area contributed by atoms with E-state index < -0.39 is 0 Å². The third-order valence-electron chi connectivity index (χ3n) is 3.85. The van der Waals surface area contributed by atoms with Crippen LogP contribution in [0.1, 0.15) is 11.1 Å². The minimum atomic E-state index is -0.207. The number of halogens is 1. The fraction of sp³-hybridized carbons (Fsp3) is 0.0455. The van der Waals surface area contributed by atoms with Gasteiger partial charge in [0.05, 0.1) is 12.1 Å². The van der Waals surface area contributed by atoms with Gasteiger partial charge in [-0.1, -0.05) is 72.3 Å². The number of rotatable bonds is 5. The molecule has 26 heavy (non-hydrogen) atoms. The van der Waals surface area contributed by atoms with E-state index in [1.807, 2.05) is 66.7 Å². The number of carbonyl (C=O) groups excluding carboxylic acids is 1. The normalized spacial score (nSPS) is 11.1. The number of hydrogen-bond acceptors (Lipinski definition) is 2. The number of ether oxygens (including phenoxy) is 1. The zero-order valence-corrected chi connectivity index (χ0v) is 15.0. The van der Waals surface area contributed by atoms with E-state index in [1.54, 1.807) is 25.3 Å². The van der Waals surface area contributed by atoms with Gasteiger partial charge in [-0.2, -0.15) is 0 Å². The number of carbonyl (C=O) groups is 1. The van der Waals surface area contributed by atoms with Gasteiger partial charge in [-0.05, 0) is 35.4 Å². The van der Waals surface area contributed by atoms with Gasteiger partial charge in [0.2, 0.25) is 0 Å². The van der Waals surface area contributed by atoms with Crippen molar-refractivity contribution in [3.63, 3.8) is 0 Å². The maximum atomic E-state index is 12.9. The number of anilines is 1. The van der Waals surface area contributed by atoms with E-state index in [9.17, 15) is 4.79 Å². The van der Waals surface area contributed by atoms with Crippen LogP contribution in [0.5, 0.6) is 5.75 Å². The number of nitrogens with one attached hydrogen (secondary N) is 1. The van der Waals surface area contributed by atoms with Crippen LogP contribution < -0.4 is 10.1 Å². The van der Waals surface area contributed by atoms with Crippen LogP contribution in [0.3, 0.4) is 0 Å². The molecule has 1 N–H and O–H groups in total. The fourth-order valence-corrected chi connectivity index (χ4v) is 2.81. The Hall–Kier alpha value is -3.04. The van der Waals surface area contributed by atoms with Crippen molar-refractivity contribution >= 4 is 34.8 Å². The first-order valence-electron chi connectivity index (χ1n) is 8.14. The lowest BCUT2D eigenvalue weighted by Gasteiger charge is -2.11. The summed E-state index contributed by atoms with van der Waals surface area (Å²) in [5.41, 5.74) is 2.97. The van der Waals surface area contributed by atoms with Crippen LogP contribution in [0.2, 0.25) is 5.02 Å². The first-order chi connectivity index (χ1) is 12.7. The van der Waals surface area contributed by atoms with Crippen molar-refractivity contribution in [2.24, 2.45) is 0 Å². The van der Waals surface area contributed by atoms with Crippen molar-refractivity contribution in [2.45, 2.75) is 0 Å². The molecule has 0 radical (unpaired) electrons. The fourth-order valence-electron chi connectivity index (χ4n) is 2.56. The Morgan fingerprint density at radius 2 is 1.62 bits per heavy atom. The van der Waals surface area contributed by atoms with Gasteiger partial charge in [0.15, 0.2) is 0 Å². The van der Waals surface area contributed by atoms with Crippen molar-refractivity contribution in [1.82, 2.24) is 0 Å². The van der Waals surface area contributed by atoms with E-state index in [-0.39, 0.29) is 5.91 Å².